The van der Waals surface area contributed by atoms with Crippen molar-refractivity contribution in [2.75, 3.05) is 46.5 Å². The van der Waals surface area contributed by atoms with Crippen LogP contribution in [0.1, 0.15) is 31.2 Å². The highest BCUT2D eigenvalue weighted by molar-refractivity contribution is 5.83. The molecule has 1 aliphatic carbocycles. The van der Waals surface area contributed by atoms with Gasteiger partial charge in [0.2, 0.25) is 17.7 Å². The van der Waals surface area contributed by atoms with Crippen LogP contribution in [0.15, 0.2) is 30.3 Å². The Morgan fingerprint density at radius 2 is 1.81 bits per heavy atom. The van der Waals surface area contributed by atoms with Gasteiger partial charge in [-0.2, -0.15) is 0 Å². The van der Waals surface area contributed by atoms with Crippen molar-refractivity contribution in [3.8, 4) is 0 Å². The van der Waals surface area contributed by atoms with Gasteiger partial charge in [-0.05, 0) is 18.4 Å². The third kappa shape index (κ3) is 6.51. The molecule has 1 heterocycles. The molecule has 1 saturated heterocycles. The molecular formula is C23H33N3O5. The largest absolute Gasteiger partial charge is 0.375 e. The number of hydrogen-bond donors (Lipinski definition) is 1. The van der Waals surface area contributed by atoms with Crippen molar-refractivity contribution >= 4 is 17.7 Å². The molecule has 8 nitrogen and oxygen atoms in total. The minimum Gasteiger partial charge on any atom is -0.375 e. The Morgan fingerprint density at radius 3 is 2.58 bits per heavy atom. The number of carbonyl (C=O) groups excluding carboxylic acids is 3. The molecule has 1 saturated carbocycles. The van der Waals surface area contributed by atoms with E-state index in [0.29, 0.717) is 32.8 Å². The van der Waals surface area contributed by atoms with Crippen molar-refractivity contribution in [1.29, 1.82) is 0 Å². The van der Waals surface area contributed by atoms with E-state index in [9.17, 15) is 14.4 Å². The van der Waals surface area contributed by atoms with Crippen molar-refractivity contribution in [2.24, 2.45) is 5.92 Å². The lowest BCUT2D eigenvalue weighted by Crippen LogP contribution is -2.56. The molecule has 0 radical (unpaired) electrons. The maximum atomic E-state index is 12.8. The van der Waals surface area contributed by atoms with E-state index in [1.807, 2.05) is 30.3 Å². The lowest BCUT2D eigenvalue weighted by Gasteiger charge is -2.41. The van der Waals surface area contributed by atoms with Gasteiger partial charge in [0.15, 0.2) is 0 Å². The van der Waals surface area contributed by atoms with Gasteiger partial charge in [-0.25, -0.2) is 0 Å². The van der Waals surface area contributed by atoms with Crippen molar-refractivity contribution in [2.45, 2.75) is 38.3 Å². The summed E-state index contributed by atoms with van der Waals surface area (Å²) in [6.07, 6.45) is 3.55. The molecule has 3 amide bonds. The Kier molecular flexibility index (Phi) is 8.85. The Hall–Kier alpha value is -2.45. The van der Waals surface area contributed by atoms with Gasteiger partial charge >= 0.3 is 0 Å². The minimum atomic E-state index is -0.203. The third-order valence-electron chi connectivity index (χ3n) is 6.04. The fraction of sp³-hybridized carbons (Fsp3) is 0.609. The van der Waals surface area contributed by atoms with E-state index in [2.05, 4.69) is 5.32 Å². The highest BCUT2D eigenvalue weighted by Crippen LogP contribution is 2.29. The van der Waals surface area contributed by atoms with Crippen LogP contribution in [0.4, 0.5) is 0 Å². The Balaban J connectivity index is 1.64. The van der Waals surface area contributed by atoms with Crippen molar-refractivity contribution in [1.82, 2.24) is 15.1 Å². The molecule has 1 aliphatic heterocycles. The first kappa shape index (κ1) is 23.2. The molecule has 2 fully saturated rings. The normalized spacial score (nSPS) is 22.4. The highest BCUT2D eigenvalue weighted by atomic mass is 16.5. The molecular weight excluding hydrogens is 398 g/mol. The SMILES string of the molecule is COCC(=O)N1CCN(C(=O)COCc2ccccc2)CCNC(=O)C2CCCCC21. The maximum absolute atomic E-state index is 12.8. The first-order valence-corrected chi connectivity index (χ1v) is 11.1. The Bertz CT molecular complexity index is 742. The molecule has 2 unspecified atom stereocenters. The van der Waals surface area contributed by atoms with Gasteiger partial charge in [0.05, 0.1) is 12.5 Å². The summed E-state index contributed by atoms with van der Waals surface area (Å²) in [5.41, 5.74) is 1.00. The van der Waals surface area contributed by atoms with Crippen LogP contribution in [0.2, 0.25) is 0 Å². The van der Waals surface area contributed by atoms with Gasteiger partial charge in [0.25, 0.3) is 0 Å². The predicted molar refractivity (Wildman–Crippen MR) is 115 cm³/mol. The molecule has 8 heteroatoms. The Morgan fingerprint density at radius 1 is 1.03 bits per heavy atom. The van der Waals surface area contributed by atoms with Crippen molar-refractivity contribution < 1.29 is 23.9 Å². The molecule has 170 valence electrons. The maximum Gasteiger partial charge on any atom is 0.248 e. The molecule has 3 rings (SSSR count). The quantitative estimate of drug-likeness (QED) is 0.731. The number of methoxy groups -OCH3 is 1. The van der Waals surface area contributed by atoms with Gasteiger partial charge < -0.3 is 24.6 Å². The van der Waals surface area contributed by atoms with E-state index < -0.39 is 0 Å². The van der Waals surface area contributed by atoms with Crippen LogP contribution in [-0.2, 0) is 30.5 Å². The number of hydrogen-bond acceptors (Lipinski definition) is 5. The van der Waals surface area contributed by atoms with E-state index in [1.165, 1.54) is 7.11 Å². The first-order chi connectivity index (χ1) is 15.1. The fourth-order valence-electron chi connectivity index (χ4n) is 4.43. The number of amides is 3. The average Bonchev–Trinajstić information content (AvgIpc) is 2.79. The van der Waals surface area contributed by atoms with Gasteiger partial charge in [0.1, 0.15) is 13.2 Å². The number of benzene rings is 1. The van der Waals surface area contributed by atoms with Crippen molar-refractivity contribution in [3.05, 3.63) is 35.9 Å². The van der Waals surface area contributed by atoms with Crippen LogP contribution in [0, 0.1) is 5.92 Å². The second kappa shape index (κ2) is 11.8. The van der Waals surface area contributed by atoms with E-state index >= 15 is 0 Å². The second-order valence-electron chi connectivity index (χ2n) is 8.13. The molecule has 0 spiro atoms. The van der Waals surface area contributed by atoms with Crippen LogP contribution in [0.25, 0.3) is 0 Å². The predicted octanol–water partition coefficient (Wildman–Crippen LogP) is 1.20. The average molecular weight is 432 g/mol. The molecule has 2 aliphatic rings. The molecule has 31 heavy (non-hydrogen) atoms. The van der Waals surface area contributed by atoms with E-state index in [4.69, 9.17) is 9.47 Å². The summed E-state index contributed by atoms with van der Waals surface area (Å²) in [7, 11) is 1.49. The van der Waals surface area contributed by atoms with Crippen LogP contribution >= 0.6 is 0 Å². The molecule has 2 atom stereocenters. The Labute approximate surface area is 183 Å². The summed E-state index contributed by atoms with van der Waals surface area (Å²) in [6.45, 7) is 1.88. The van der Waals surface area contributed by atoms with Crippen LogP contribution in [0.5, 0.6) is 0 Å². The van der Waals surface area contributed by atoms with Gasteiger partial charge in [0, 0.05) is 39.3 Å². The zero-order valence-corrected chi connectivity index (χ0v) is 18.3. The molecule has 0 aromatic heterocycles. The molecule has 1 N–H and O–H groups in total. The monoisotopic (exact) mass is 431 g/mol. The first-order valence-electron chi connectivity index (χ1n) is 11.1. The number of ether oxygens (including phenoxy) is 2. The summed E-state index contributed by atoms with van der Waals surface area (Å²) >= 11 is 0. The molecule has 0 bridgehead atoms. The smallest absolute Gasteiger partial charge is 0.248 e. The number of carbonyl (C=O) groups is 3. The highest BCUT2D eigenvalue weighted by Gasteiger charge is 2.37. The van der Waals surface area contributed by atoms with E-state index in [1.54, 1.807) is 9.80 Å². The summed E-state index contributed by atoms with van der Waals surface area (Å²) < 4.78 is 10.7. The summed E-state index contributed by atoms with van der Waals surface area (Å²) in [5, 5.41) is 2.97. The molecule has 1 aromatic rings. The zero-order valence-electron chi connectivity index (χ0n) is 18.3. The van der Waals surface area contributed by atoms with Gasteiger partial charge in [-0.1, -0.05) is 43.2 Å². The lowest BCUT2D eigenvalue weighted by molar-refractivity contribution is -0.145. The number of nitrogens with zero attached hydrogens (tertiary/aromatic N) is 2. The van der Waals surface area contributed by atoms with E-state index in [0.717, 1.165) is 31.2 Å². The molecule has 1 aromatic carbocycles. The summed E-state index contributed by atoms with van der Waals surface area (Å²) in [5.74, 6) is -0.522. The van der Waals surface area contributed by atoms with E-state index in [-0.39, 0.29) is 42.9 Å². The number of nitrogens with one attached hydrogen (secondary N) is 1. The second-order valence-corrected chi connectivity index (χ2v) is 8.13. The van der Waals surface area contributed by atoms with Crippen molar-refractivity contribution in [3.63, 3.8) is 0 Å². The standard InChI is InChI=1S/C23H33N3O5/c1-30-16-22(28)26-14-13-25(21(27)17-31-15-18-7-3-2-4-8-18)12-11-24-23(29)19-9-5-6-10-20(19)26/h2-4,7-8,19-20H,5-6,9-17H2,1H3,(H,24,29). The topological polar surface area (TPSA) is 88.2 Å². The van der Waals surface area contributed by atoms with Crippen LogP contribution in [-0.4, -0.2) is 80.1 Å². The van der Waals surface area contributed by atoms with Crippen LogP contribution in [0.3, 0.4) is 0 Å². The van der Waals surface area contributed by atoms with Crippen LogP contribution < -0.4 is 5.32 Å². The van der Waals surface area contributed by atoms with Gasteiger partial charge in [-0.15, -0.1) is 0 Å². The minimum absolute atomic E-state index is 0.0288. The number of rotatable bonds is 6. The van der Waals surface area contributed by atoms with Gasteiger partial charge in [-0.3, -0.25) is 14.4 Å². The lowest BCUT2D eigenvalue weighted by atomic mass is 9.82. The summed E-state index contributed by atoms with van der Waals surface area (Å²) in [6, 6.07) is 9.53. The number of fused-ring (bicyclic) bond motifs is 1. The fourth-order valence-corrected chi connectivity index (χ4v) is 4.43. The summed E-state index contributed by atoms with van der Waals surface area (Å²) in [4.78, 5) is 41.8. The third-order valence-corrected chi connectivity index (χ3v) is 6.04. The zero-order chi connectivity index (χ0) is 22.1.